The molecule has 0 fully saturated rings. The van der Waals surface area contributed by atoms with Gasteiger partial charge in [-0.25, -0.2) is 4.79 Å². The van der Waals surface area contributed by atoms with Gasteiger partial charge in [0.25, 0.3) is 5.91 Å². The second-order valence-corrected chi connectivity index (χ2v) is 5.87. The molecule has 3 rings (SSSR count). The van der Waals surface area contributed by atoms with Gasteiger partial charge in [0.15, 0.2) is 0 Å². The fourth-order valence-electron chi connectivity index (χ4n) is 2.84. The summed E-state index contributed by atoms with van der Waals surface area (Å²) in [5.41, 5.74) is 2.22. The molecule has 1 aliphatic rings. The molecule has 0 saturated carbocycles. The predicted octanol–water partition coefficient (Wildman–Crippen LogP) is 3.77. The van der Waals surface area contributed by atoms with Gasteiger partial charge in [-0.05, 0) is 37.0 Å². The van der Waals surface area contributed by atoms with Crippen molar-refractivity contribution in [1.29, 1.82) is 0 Å². The number of hydrogen-bond donors (Lipinski definition) is 2. The average Bonchev–Trinajstić information content (AvgIpc) is 3.11. The lowest BCUT2D eigenvalue weighted by Gasteiger charge is -2.10. The van der Waals surface area contributed by atoms with Crippen molar-refractivity contribution in [3.63, 3.8) is 0 Å². The van der Waals surface area contributed by atoms with Crippen molar-refractivity contribution in [3.8, 4) is 5.75 Å². The molecule has 1 aliphatic carbocycles. The smallest absolute Gasteiger partial charge is 0.332 e. The molecule has 0 radical (unpaired) electrons. The topological polar surface area (TPSA) is 75.6 Å². The lowest BCUT2D eigenvalue weighted by atomic mass is 10.1. The number of anilines is 1. The van der Waals surface area contributed by atoms with Gasteiger partial charge in [-0.1, -0.05) is 36.4 Å². The molecule has 1 amide bonds. The highest BCUT2D eigenvalue weighted by molar-refractivity contribution is 6.09. The molecular weight excluding hydrogens is 318 g/mol. The Hall–Kier alpha value is -3.08. The fraction of sp³-hybridized carbons (Fsp3) is 0.200. The summed E-state index contributed by atoms with van der Waals surface area (Å²) in [4.78, 5) is 23.5. The minimum atomic E-state index is -1.01. The number of amides is 1. The normalized spacial score (nSPS) is 13.6. The minimum Gasteiger partial charge on any atom is -0.489 e. The number of ether oxygens (including phenoxy) is 1. The van der Waals surface area contributed by atoms with Gasteiger partial charge in [-0.2, -0.15) is 0 Å². The zero-order chi connectivity index (χ0) is 17.6. The molecule has 0 aromatic heterocycles. The van der Waals surface area contributed by atoms with E-state index in [0.717, 1.165) is 5.56 Å². The second kappa shape index (κ2) is 7.66. The summed E-state index contributed by atoms with van der Waals surface area (Å²) in [5.74, 6) is -0.724. The number of carbonyl (C=O) groups is 2. The first-order chi connectivity index (χ1) is 12.1. The van der Waals surface area contributed by atoms with Gasteiger partial charge in [-0.3, -0.25) is 4.79 Å². The lowest BCUT2D eigenvalue weighted by molar-refractivity contribution is -0.133. The van der Waals surface area contributed by atoms with Crippen molar-refractivity contribution < 1.29 is 19.4 Å². The quantitative estimate of drug-likeness (QED) is 0.841. The van der Waals surface area contributed by atoms with Crippen LogP contribution in [0.2, 0.25) is 0 Å². The fourth-order valence-corrected chi connectivity index (χ4v) is 2.84. The van der Waals surface area contributed by atoms with E-state index in [1.807, 2.05) is 36.4 Å². The van der Waals surface area contributed by atoms with E-state index >= 15 is 0 Å². The van der Waals surface area contributed by atoms with Crippen molar-refractivity contribution in [2.75, 3.05) is 5.32 Å². The molecule has 0 bridgehead atoms. The largest absolute Gasteiger partial charge is 0.489 e. The maximum atomic E-state index is 12.3. The summed E-state index contributed by atoms with van der Waals surface area (Å²) in [6.07, 6.45) is 1.64. The Balaban J connectivity index is 1.66. The Morgan fingerprint density at radius 1 is 1.00 bits per heavy atom. The zero-order valence-corrected chi connectivity index (χ0v) is 13.7. The molecule has 25 heavy (non-hydrogen) atoms. The molecule has 2 aromatic rings. The number of carboxylic acid groups (broad SMARTS) is 1. The number of aliphatic carboxylic acids is 1. The third kappa shape index (κ3) is 4.26. The van der Waals surface area contributed by atoms with Crippen LogP contribution in [-0.2, 0) is 16.2 Å². The molecule has 0 aliphatic heterocycles. The molecule has 0 heterocycles. The van der Waals surface area contributed by atoms with E-state index in [1.54, 1.807) is 18.2 Å². The van der Waals surface area contributed by atoms with Crippen molar-refractivity contribution in [2.24, 2.45) is 0 Å². The van der Waals surface area contributed by atoms with Gasteiger partial charge in [0.05, 0.1) is 0 Å². The van der Waals surface area contributed by atoms with E-state index < -0.39 is 5.97 Å². The number of carbonyl (C=O) groups excluding carboxylic acids is 1. The first-order valence-electron chi connectivity index (χ1n) is 8.17. The molecule has 0 spiro atoms. The van der Waals surface area contributed by atoms with Crippen molar-refractivity contribution in [3.05, 3.63) is 71.3 Å². The van der Waals surface area contributed by atoms with E-state index in [4.69, 9.17) is 9.84 Å². The highest BCUT2D eigenvalue weighted by Gasteiger charge is 2.25. The molecular formula is C20H19NO4. The zero-order valence-electron chi connectivity index (χ0n) is 13.7. The van der Waals surface area contributed by atoms with Crippen molar-refractivity contribution in [2.45, 2.75) is 25.9 Å². The summed E-state index contributed by atoms with van der Waals surface area (Å²) in [7, 11) is 0. The lowest BCUT2D eigenvalue weighted by Crippen LogP contribution is -2.16. The van der Waals surface area contributed by atoms with E-state index in [2.05, 4.69) is 5.32 Å². The Labute approximate surface area is 145 Å². The van der Waals surface area contributed by atoms with Crippen LogP contribution in [0, 0.1) is 0 Å². The van der Waals surface area contributed by atoms with Crippen LogP contribution in [0.3, 0.4) is 0 Å². The van der Waals surface area contributed by atoms with Crippen LogP contribution in [0.25, 0.3) is 0 Å². The van der Waals surface area contributed by atoms with Gasteiger partial charge in [0.1, 0.15) is 12.4 Å². The molecule has 2 N–H and O–H groups in total. The van der Waals surface area contributed by atoms with Crippen molar-refractivity contribution in [1.82, 2.24) is 0 Å². The Bertz CT molecular complexity index is 811. The monoisotopic (exact) mass is 337 g/mol. The van der Waals surface area contributed by atoms with Crippen LogP contribution < -0.4 is 10.1 Å². The summed E-state index contributed by atoms with van der Waals surface area (Å²) in [6, 6.07) is 16.9. The summed E-state index contributed by atoms with van der Waals surface area (Å²) in [6.45, 7) is 0.437. The van der Waals surface area contributed by atoms with Gasteiger partial charge in [0, 0.05) is 22.9 Å². The van der Waals surface area contributed by atoms with E-state index in [1.165, 1.54) is 0 Å². The third-order valence-corrected chi connectivity index (χ3v) is 4.09. The molecule has 128 valence electrons. The van der Waals surface area contributed by atoms with Crippen LogP contribution in [0.1, 0.15) is 24.8 Å². The van der Waals surface area contributed by atoms with Gasteiger partial charge < -0.3 is 15.2 Å². The first kappa shape index (κ1) is 16.8. The van der Waals surface area contributed by atoms with E-state index in [-0.39, 0.29) is 11.5 Å². The number of rotatable bonds is 6. The van der Waals surface area contributed by atoms with Gasteiger partial charge >= 0.3 is 5.97 Å². The standard InChI is InChI=1S/C20H19NO4/c22-19(17-10-5-11-18(17)20(23)24)21-15-8-4-9-16(12-15)25-13-14-6-2-1-3-7-14/h1-4,6-9,12H,5,10-11,13H2,(H,21,22)(H,23,24). The molecule has 0 unspecified atom stereocenters. The Morgan fingerprint density at radius 3 is 2.52 bits per heavy atom. The molecule has 0 atom stereocenters. The minimum absolute atomic E-state index is 0.217. The summed E-state index contributed by atoms with van der Waals surface area (Å²) >= 11 is 0. The SMILES string of the molecule is O=C(O)C1=C(C(=O)Nc2cccc(OCc3ccccc3)c2)CCC1. The number of benzene rings is 2. The Kier molecular flexibility index (Phi) is 5.14. The van der Waals surface area contributed by atoms with Crippen LogP contribution in [0.5, 0.6) is 5.75 Å². The van der Waals surface area contributed by atoms with Gasteiger partial charge in [-0.15, -0.1) is 0 Å². The highest BCUT2D eigenvalue weighted by atomic mass is 16.5. The first-order valence-corrected chi connectivity index (χ1v) is 8.17. The summed E-state index contributed by atoms with van der Waals surface area (Å²) in [5, 5.41) is 11.9. The van der Waals surface area contributed by atoms with Crippen LogP contribution >= 0.6 is 0 Å². The van der Waals surface area contributed by atoms with Crippen molar-refractivity contribution >= 4 is 17.6 Å². The molecule has 0 saturated heterocycles. The Morgan fingerprint density at radius 2 is 1.76 bits per heavy atom. The molecule has 5 nitrogen and oxygen atoms in total. The summed E-state index contributed by atoms with van der Waals surface area (Å²) < 4.78 is 5.74. The number of hydrogen-bond acceptors (Lipinski definition) is 3. The number of nitrogens with one attached hydrogen (secondary N) is 1. The maximum absolute atomic E-state index is 12.3. The van der Waals surface area contributed by atoms with Crippen LogP contribution in [0.4, 0.5) is 5.69 Å². The second-order valence-electron chi connectivity index (χ2n) is 5.87. The maximum Gasteiger partial charge on any atom is 0.332 e. The van der Waals surface area contributed by atoms with E-state index in [9.17, 15) is 9.59 Å². The van der Waals surface area contributed by atoms with Crippen LogP contribution in [0.15, 0.2) is 65.7 Å². The average molecular weight is 337 g/mol. The number of carboxylic acids is 1. The molecule has 5 heteroatoms. The van der Waals surface area contributed by atoms with Gasteiger partial charge in [0.2, 0.25) is 0 Å². The predicted molar refractivity (Wildman–Crippen MR) is 94.4 cm³/mol. The highest BCUT2D eigenvalue weighted by Crippen LogP contribution is 2.28. The molecule has 2 aromatic carbocycles. The van der Waals surface area contributed by atoms with Crippen LogP contribution in [-0.4, -0.2) is 17.0 Å². The third-order valence-electron chi connectivity index (χ3n) is 4.09. The van der Waals surface area contributed by atoms with E-state index in [0.29, 0.717) is 42.9 Å².